The topological polar surface area (TPSA) is 38.5 Å². The Bertz CT molecular complexity index is 360. The van der Waals surface area contributed by atoms with E-state index in [4.69, 9.17) is 10.5 Å². The van der Waals surface area contributed by atoms with E-state index in [0.717, 1.165) is 52.2 Å². The van der Waals surface area contributed by atoms with Gasteiger partial charge in [0.25, 0.3) is 0 Å². The molecule has 1 fully saturated rings. The Morgan fingerprint density at radius 2 is 1.89 bits per heavy atom. The molecular formula is C16H26N2O. The highest BCUT2D eigenvalue weighted by atomic mass is 16.5. The molecule has 3 nitrogen and oxygen atoms in total. The van der Waals surface area contributed by atoms with E-state index in [1.54, 1.807) is 0 Å². The molecule has 1 aliphatic heterocycles. The monoisotopic (exact) mass is 262 g/mol. The van der Waals surface area contributed by atoms with Gasteiger partial charge in [-0.05, 0) is 36.9 Å². The lowest BCUT2D eigenvalue weighted by Crippen LogP contribution is -2.45. The fraction of sp³-hybridized carbons (Fsp3) is 0.625. The van der Waals surface area contributed by atoms with Gasteiger partial charge in [-0.1, -0.05) is 37.3 Å². The van der Waals surface area contributed by atoms with Gasteiger partial charge < -0.3 is 10.5 Å². The van der Waals surface area contributed by atoms with Crippen LogP contribution in [-0.4, -0.2) is 37.7 Å². The molecule has 0 unspecified atom stereocenters. The largest absolute Gasteiger partial charge is 0.381 e. The normalized spacial score (nSPS) is 18.7. The molecule has 0 amide bonds. The molecule has 0 aromatic heterocycles. The van der Waals surface area contributed by atoms with E-state index >= 15 is 0 Å². The summed E-state index contributed by atoms with van der Waals surface area (Å²) in [6.45, 7) is 7.88. The lowest BCUT2D eigenvalue weighted by atomic mass is 9.79. The van der Waals surface area contributed by atoms with Crippen molar-refractivity contribution in [3.63, 3.8) is 0 Å². The zero-order valence-corrected chi connectivity index (χ0v) is 12.0. The van der Waals surface area contributed by atoms with Crippen LogP contribution in [0.5, 0.6) is 0 Å². The average Bonchev–Trinajstić information content (AvgIpc) is 2.48. The Balaban J connectivity index is 1.97. The summed E-state index contributed by atoms with van der Waals surface area (Å²) in [7, 11) is 0. The maximum absolute atomic E-state index is 6.05. The standard InChI is InChI=1S/C16H26N2O/c1-2-18(12-15-6-4-3-5-7-15)14-16(13-17)8-10-19-11-9-16/h3-7H,2,8-14,17H2,1H3. The van der Waals surface area contributed by atoms with Crippen LogP contribution in [0.15, 0.2) is 30.3 Å². The second-order valence-corrected chi connectivity index (χ2v) is 5.61. The van der Waals surface area contributed by atoms with Gasteiger partial charge in [0.15, 0.2) is 0 Å². The minimum Gasteiger partial charge on any atom is -0.381 e. The van der Waals surface area contributed by atoms with Gasteiger partial charge in [-0.3, -0.25) is 4.90 Å². The van der Waals surface area contributed by atoms with Crippen LogP contribution in [0, 0.1) is 5.41 Å². The highest BCUT2D eigenvalue weighted by molar-refractivity contribution is 5.14. The van der Waals surface area contributed by atoms with Crippen molar-refractivity contribution in [3.05, 3.63) is 35.9 Å². The van der Waals surface area contributed by atoms with Gasteiger partial charge in [-0.15, -0.1) is 0 Å². The molecule has 0 atom stereocenters. The molecule has 1 aromatic rings. The summed E-state index contributed by atoms with van der Waals surface area (Å²) >= 11 is 0. The number of hydrogen-bond donors (Lipinski definition) is 1. The van der Waals surface area contributed by atoms with E-state index in [0.29, 0.717) is 0 Å². The second-order valence-electron chi connectivity index (χ2n) is 5.61. The Morgan fingerprint density at radius 3 is 2.47 bits per heavy atom. The van der Waals surface area contributed by atoms with Gasteiger partial charge >= 0.3 is 0 Å². The predicted octanol–water partition coefficient (Wildman–Crippen LogP) is 2.26. The molecule has 1 saturated heterocycles. The summed E-state index contributed by atoms with van der Waals surface area (Å²) in [5.74, 6) is 0. The summed E-state index contributed by atoms with van der Waals surface area (Å²) in [4.78, 5) is 2.51. The minimum absolute atomic E-state index is 0.253. The molecule has 106 valence electrons. The van der Waals surface area contributed by atoms with Crippen molar-refractivity contribution >= 4 is 0 Å². The number of nitrogens with zero attached hydrogens (tertiary/aromatic N) is 1. The lowest BCUT2D eigenvalue weighted by molar-refractivity contribution is -0.000665. The zero-order chi connectivity index (χ0) is 13.6. The molecule has 0 saturated carbocycles. The molecule has 19 heavy (non-hydrogen) atoms. The zero-order valence-electron chi connectivity index (χ0n) is 12.0. The third-order valence-corrected chi connectivity index (χ3v) is 4.24. The van der Waals surface area contributed by atoms with E-state index < -0.39 is 0 Å². The number of rotatable bonds is 6. The average molecular weight is 262 g/mol. The van der Waals surface area contributed by atoms with Crippen LogP contribution in [0.2, 0.25) is 0 Å². The van der Waals surface area contributed by atoms with Crippen LogP contribution in [0.25, 0.3) is 0 Å². The third-order valence-electron chi connectivity index (χ3n) is 4.24. The third kappa shape index (κ3) is 4.03. The maximum atomic E-state index is 6.05. The SMILES string of the molecule is CCN(Cc1ccccc1)CC1(CN)CCOCC1. The van der Waals surface area contributed by atoms with E-state index in [1.807, 2.05) is 0 Å². The van der Waals surface area contributed by atoms with Crippen molar-refractivity contribution in [3.8, 4) is 0 Å². The molecule has 2 rings (SSSR count). The molecule has 3 heteroatoms. The van der Waals surface area contributed by atoms with Gasteiger partial charge in [0.1, 0.15) is 0 Å². The number of nitrogens with two attached hydrogens (primary N) is 1. The Kier molecular flexibility index (Phi) is 5.37. The first-order chi connectivity index (χ1) is 9.28. The van der Waals surface area contributed by atoms with Crippen molar-refractivity contribution in [1.29, 1.82) is 0 Å². The Morgan fingerprint density at radius 1 is 1.21 bits per heavy atom. The molecule has 0 radical (unpaired) electrons. The summed E-state index contributed by atoms with van der Waals surface area (Å²) in [6.07, 6.45) is 2.18. The second kappa shape index (κ2) is 7.04. The Hall–Kier alpha value is -0.900. The smallest absolute Gasteiger partial charge is 0.0472 e. The Labute approximate surface area is 116 Å². The minimum atomic E-state index is 0.253. The van der Waals surface area contributed by atoms with Gasteiger partial charge in [-0.25, -0.2) is 0 Å². The number of benzene rings is 1. The van der Waals surface area contributed by atoms with Crippen LogP contribution >= 0.6 is 0 Å². The van der Waals surface area contributed by atoms with Crippen molar-refractivity contribution in [2.75, 3.05) is 32.8 Å². The van der Waals surface area contributed by atoms with Crippen LogP contribution in [0.3, 0.4) is 0 Å². The highest BCUT2D eigenvalue weighted by Gasteiger charge is 2.32. The predicted molar refractivity (Wildman–Crippen MR) is 78.9 cm³/mol. The quantitative estimate of drug-likeness (QED) is 0.854. The van der Waals surface area contributed by atoms with E-state index in [9.17, 15) is 0 Å². The summed E-state index contributed by atoms with van der Waals surface area (Å²) in [5.41, 5.74) is 7.68. The maximum Gasteiger partial charge on any atom is 0.0472 e. The van der Waals surface area contributed by atoms with Crippen LogP contribution < -0.4 is 5.73 Å². The number of hydrogen-bond acceptors (Lipinski definition) is 3. The van der Waals surface area contributed by atoms with Gasteiger partial charge in [0.2, 0.25) is 0 Å². The summed E-state index contributed by atoms with van der Waals surface area (Å²) in [5, 5.41) is 0. The first kappa shape index (κ1) is 14.5. The lowest BCUT2D eigenvalue weighted by Gasteiger charge is -2.40. The first-order valence-corrected chi connectivity index (χ1v) is 7.32. The van der Waals surface area contributed by atoms with Crippen LogP contribution in [0.1, 0.15) is 25.3 Å². The molecule has 0 aliphatic carbocycles. The molecule has 0 spiro atoms. The van der Waals surface area contributed by atoms with E-state index in [1.165, 1.54) is 5.56 Å². The van der Waals surface area contributed by atoms with Crippen LogP contribution in [-0.2, 0) is 11.3 Å². The summed E-state index contributed by atoms with van der Waals surface area (Å²) < 4.78 is 5.49. The van der Waals surface area contributed by atoms with Crippen molar-refractivity contribution in [2.45, 2.75) is 26.3 Å². The number of ether oxygens (including phenoxy) is 1. The van der Waals surface area contributed by atoms with E-state index in [-0.39, 0.29) is 5.41 Å². The highest BCUT2D eigenvalue weighted by Crippen LogP contribution is 2.30. The van der Waals surface area contributed by atoms with Crippen molar-refractivity contribution in [2.24, 2.45) is 11.1 Å². The van der Waals surface area contributed by atoms with Gasteiger partial charge in [-0.2, -0.15) is 0 Å². The van der Waals surface area contributed by atoms with Gasteiger partial charge in [0, 0.05) is 26.3 Å². The molecule has 1 heterocycles. The molecule has 1 aromatic carbocycles. The fourth-order valence-electron chi connectivity index (χ4n) is 2.83. The van der Waals surface area contributed by atoms with Crippen molar-refractivity contribution in [1.82, 2.24) is 4.90 Å². The fourth-order valence-corrected chi connectivity index (χ4v) is 2.83. The van der Waals surface area contributed by atoms with Gasteiger partial charge in [0.05, 0.1) is 0 Å². The summed E-state index contributed by atoms with van der Waals surface area (Å²) in [6, 6.07) is 10.7. The molecule has 1 aliphatic rings. The van der Waals surface area contributed by atoms with Crippen molar-refractivity contribution < 1.29 is 4.74 Å². The molecule has 0 bridgehead atoms. The first-order valence-electron chi connectivity index (χ1n) is 7.32. The molecule has 2 N–H and O–H groups in total. The van der Waals surface area contributed by atoms with Crippen LogP contribution in [0.4, 0.5) is 0 Å². The molecular weight excluding hydrogens is 236 g/mol. The van der Waals surface area contributed by atoms with E-state index in [2.05, 4.69) is 42.2 Å².